The minimum Gasteiger partial charge on any atom is -0.354 e. The molecule has 29 heavy (non-hydrogen) atoms. The van der Waals surface area contributed by atoms with E-state index in [9.17, 15) is 18.0 Å². The third-order valence-corrected chi connectivity index (χ3v) is 5.19. The summed E-state index contributed by atoms with van der Waals surface area (Å²) < 4.78 is 37.9. The van der Waals surface area contributed by atoms with Crippen LogP contribution in [0.1, 0.15) is 12.0 Å². The zero-order valence-corrected chi connectivity index (χ0v) is 16.9. The minimum absolute atomic E-state index is 0.166. The van der Waals surface area contributed by atoms with Crippen molar-refractivity contribution in [2.75, 3.05) is 42.9 Å². The number of pyridine rings is 1. The van der Waals surface area contributed by atoms with Crippen LogP contribution in [0.4, 0.5) is 24.7 Å². The van der Waals surface area contributed by atoms with Crippen molar-refractivity contribution in [3.8, 4) is 0 Å². The molecule has 1 aliphatic rings. The number of benzene rings is 1. The summed E-state index contributed by atoms with van der Waals surface area (Å²) in [6.07, 6.45) is -3.24. The van der Waals surface area contributed by atoms with Crippen molar-refractivity contribution in [3.63, 3.8) is 0 Å². The molecule has 1 aliphatic heterocycles. The first kappa shape index (κ1) is 21.7. The molecule has 156 valence electrons. The van der Waals surface area contributed by atoms with E-state index in [2.05, 4.69) is 15.2 Å². The van der Waals surface area contributed by atoms with Gasteiger partial charge in [0.2, 0.25) is 5.91 Å². The van der Waals surface area contributed by atoms with Crippen LogP contribution in [0.15, 0.2) is 36.5 Å². The molecule has 0 atom stereocenters. The monoisotopic (exact) mass is 446 g/mol. The van der Waals surface area contributed by atoms with E-state index in [0.717, 1.165) is 12.3 Å². The predicted octanol–water partition coefficient (Wildman–Crippen LogP) is 4.56. The van der Waals surface area contributed by atoms with E-state index in [-0.39, 0.29) is 5.91 Å². The first-order valence-corrected chi connectivity index (χ1v) is 9.73. The molecule has 0 radical (unpaired) electrons. The van der Waals surface area contributed by atoms with Gasteiger partial charge >= 0.3 is 6.18 Å². The number of aromatic nitrogens is 1. The van der Waals surface area contributed by atoms with Crippen LogP contribution in [0.25, 0.3) is 0 Å². The van der Waals surface area contributed by atoms with E-state index >= 15 is 0 Å². The fourth-order valence-corrected chi connectivity index (χ4v) is 3.34. The summed E-state index contributed by atoms with van der Waals surface area (Å²) in [6, 6.07) is 7.29. The Hall–Kier alpha value is -2.03. The number of piperazine rings is 1. The van der Waals surface area contributed by atoms with Gasteiger partial charge in [-0.25, -0.2) is 4.98 Å². The largest absolute Gasteiger partial charge is 0.417 e. The van der Waals surface area contributed by atoms with E-state index in [1.807, 2.05) is 4.90 Å². The number of carbonyl (C=O) groups excluding carboxylic acids is 1. The van der Waals surface area contributed by atoms with Gasteiger partial charge in [0.1, 0.15) is 5.82 Å². The van der Waals surface area contributed by atoms with E-state index in [4.69, 9.17) is 23.2 Å². The summed E-state index contributed by atoms with van der Waals surface area (Å²) in [6.45, 7) is 3.19. The molecule has 0 spiro atoms. The molecule has 0 unspecified atom stereocenters. The molecule has 0 bridgehead atoms. The SMILES string of the molecule is O=C(CCN1CCN(c2ccc(C(F)(F)F)cn2)CC1)Nc1cc(Cl)ccc1Cl. The highest BCUT2D eigenvalue weighted by Crippen LogP contribution is 2.29. The molecule has 10 heteroatoms. The van der Waals surface area contributed by atoms with E-state index in [0.29, 0.717) is 60.7 Å². The maximum Gasteiger partial charge on any atom is 0.417 e. The van der Waals surface area contributed by atoms with Gasteiger partial charge in [0.25, 0.3) is 0 Å². The number of carbonyl (C=O) groups is 1. The maximum atomic E-state index is 12.6. The Balaban J connectivity index is 1.45. The molecule has 1 saturated heterocycles. The maximum absolute atomic E-state index is 12.6. The lowest BCUT2D eigenvalue weighted by molar-refractivity contribution is -0.137. The Kier molecular flexibility index (Phi) is 6.87. The van der Waals surface area contributed by atoms with Gasteiger partial charge in [0.15, 0.2) is 0 Å². The lowest BCUT2D eigenvalue weighted by atomic mass is 10.2. The quantitative estimate of drug-likeness (QED) is 0.731. The third kappa shape index (κ3) is 5.98. The van der Waals surface area contributed by atoms with Crippen molar-refractivity contribution in [1.29, 1.82) is 0 Å². The minimum atomic E-state index is -4.39. The normalized spacial score (nSPS) is 15.4. The molecular weight excluding hydrogens is 428 g/mol. The van der Waals surface area contributed by atoms with Crippen LogP contribution in [-0.4, -0.2) is 48.5 Å². The summed E-state index contributed by atoms with van der Waals surface area (Å²) in [5.41, 5.74) is -0.284. The molecule has 0 aliphatic carbocycles. The van der Waals surface area contributed by atoms with Crippen LogP contribution in [0.2, 0.25) is 10.0 Å². The fraction of sp³-hybridized carbons (Fsp3) is 0.368. The number of halogens is 5. The van der Waals surface area contributed by atoms with Crippen molar-refractivity contribution in [2.45, 2.75) is 12.6 Å². The lowest BCUT2D eigenvalue weighted by Crippen LogP contribution is -2.47. The molecular formula is C19H19Cl2F3N4O. The number of nitrogens with one attached hydrogen (secondary N) is 1. The standard InChI is InChI=1S/C19H19Cl2F3N4O/c20-14-2-3-15(21)16(11-14)26-18(29)5-6-27-7-9-28(10-8-27)17-4-1-13(12-25-17)19(22,23)24/h1-4,11-12H,5-10H2,(H,26,29). The smallest absolute Gasteiger partial charge is 0.354 e. The molecule has 1 fully saturated rings. The van der Waals surface area contributed by atoms with Gasteiger partial charge in [0, 0.05) is 50.4 Å². The van der Waals surface area contributed by atoms with Crippen molar-refractivity contribution >= 4 is 40.6 Å². The zero-order valence-electron chi connectivity index (χ0n) is 15.3. The van der Waals surface area contributed by atoms with Crippen molar-refractivity contribution in [1.82, 2.24) is 9.88 Å². The third-order valence-electron chi connectivity index (χ3n) is 4.63. The van der Waals surface area contributed by atoms with Crippen molar-refractivity contribution in [3.05, 3.63) is 52.1 Å². The molecule has 1 amide bonds. The van der Waals surface area contributed by atoms with Gasteiger partial charge in [-0.15, -0.1) is 0 Å². The Morgan fingerprint density at radius 2 is 1.83 bits per heavy atom. The van der Waals surface area contributed by atoms with Crippen LogP contribution in [-0.2, 0) is 11.0 Å². The second-order valence-electron chi connectivity index (χ2n) is 6.65. The highest BCUT2D eigenvalue weighted by molar-refractivity contribution is 6.35. The second kappa shape index (κ2) is 9.19. The Bertz CT molecular complexity index is 854. The van der Waals surface area contributed by atoms with Crippen LogP contribution in [0, 0.1) is 0 Å². The number of hydrogen-bond acceptors (Lipinski definition) is 4. The molecule has 2 aromatic rings. The van der Waals surface area contributed by atoms with E-state index < -0.39 is 11.7 Å². The summed E-state index contributed by atoms with van der Waals surface area (Å²) in [7, 11) is 0. The molecule has 2 heterocycles. The van der Waals surface area contributed by atoms with E-state index in [1.165, 1.54) is 6.07 Å². The van der Waals surface area contributed by atoms with E-state index in [1.54, 1.807) is 18.2 Å². The number of hydrogen-bond donors (Lipinski definition) is 1. The Morgan fingerprint density at radius 3 is 2.45 bits per heavy atom. The van der Waals surface area contributed by atoms with Crippen LogP contribution >= 0.6 is 23.2 Å². The zero-order chi connectivity index (χ0) is 21.0. The van der Waals surface area contributed by atoms with Crippen molar-refractivity contribution in [2.24, 2.45) is 0 Å². The van der Waals surface area contributed by atoms with Gasteiger partial charge in [-0.2, -0.15) is 13.2 Å². The number of alkyl halides is 3. The summed E-state index contributed by atoms with van der Waals surface area (Å²) >= 11 is 12.0. The summed E-state index contributed by atoms with van der Waals surface area (Å²) in [4.78, 5) is 20.2. The van der Waals surface area contributed by atoms with Gasteiger partial charge in [0.05, 0.1) is 16.3 Å². The lowest BCUT2D eigenvalue weighted by Gasteiger charge is -2.35. The highest BCUT2D eigenvalue weighted by Gasteiger charge is 2.31. The van der Waals surface area contributed by atoms with Gasteiger partial charge < -0.3 is 10.2 Å². The molecule has 0 saturated carbocycles. The van der Waals surface area contributed by atoms with Gasteiger partial charge in [-0.05, 0) is 30.3 Å². The average Bonchev–Trinajstić information content (AvgIpc) is 2.69. The Morgan fingerprint density at radius 1 is 1.10 bits per heavy atom. The summed E-state index contributed by atoms with van der Waals surface area (Å²) in [5.74, 6) is 0.354. The second-order valence-corrected chi connectivity index (χ2v) is 7.50. The van der Waals surface area contributed by atoms with Crippen molar-refractivity contribution < 1.29 is 18.0 Å². The number of amides is 1. The first-order valence-electron chi connectivity index (χ1n) is 8.98. The molecule has 3 rings (SSSR count). The summed E-state index contributed by atoms with van der Waals surface area (Å²) in [5, 5.41) is 3.65. The fourth-order valence-electron chi connectivity index (χ4n) is 3.01. The van der Waals surface area contributed by atoms with Crippen LogP contribution < -0.4 is 10.2 Å². The average molecular weight is 447 g/mol. The van der Waals surface area contributed by atoms with Gasteiger partial charge in [-0.3, -0.25) is 9.69 Å². The molecule has 1 N–H and O–H groups in total. The van der Waals surface area contributed by atoms with Crippen LogP contribution in [0.5, 0.6) is 0 Å². The molecule has 5 nitrogen and oxygen atoms in total. The number of nitrogens with zero attached hydrogens (tertiary/aromatic N) is 3. The highest BCUT2D eigenvalue weighted by atomic mass is 35.5. The predicted molar refractivity (Wildman–Crippen MR) is 108 cm³/mol. The number of rotatable bonds is 5. The number of anilines is 2. The molecule has 1 aromatic carbocycles. The first-order chi connectivity index (χ1) is 13.7. The topological polar surface area (TPSA) is 48.5 Å². The van der Waals surface area contributed by atoms with Gasteiger partial charge in [-0.1, -0.05) is 23.2 Å². The Labute approximate surface area is 176 Å². The van der Waals surface area contributed by atoms with Crippen LogP contribution in [0.3, 0.4) is 0 Å². The molecule has 1 aromatic heterocycles.